The Balaban J connectivity index is 0.00000180. The Morgan fingerprint density at radius 1 is 1.37 bits per heavy atom. The molecule has 6 heteroatoms. The molecule has 19 heavy (non-hydrogen) atoms. The maximum atomic E-state index is 12.0. The molecule has 1 N–H and O–H groups in total. The fraction of sp³-hybridized carbons (Fsp3) is 0.923. The van der Waals surface area contributed by atoms with Gasteiger partial charge in [0.05, 0.1) is 13.2 Å². The number of ether oxygens (including phenoxy) is 2. The number of halogens is 1. The molecule has 2 rings (SSSR count). The molecule has 2 aliphatic rings. The molecule has 0 saturated carbocycles. The molecule has 1 atom stereocenters. The maximum absolute atomic E-state index is 12.0. The van der Waals surface area contributed by atoms with Crippen molar-refractivity contribution in [1.82, 2.24) is 10.2 Å². The molecular weight excluding hydrogens is 268 g/mol. The first-order valence-electron chi connectivity index (χ1n) is 6.81. The molecule has 0 aromatic rings. The van der Waals surface area contributed by atoms with E-state index in [1.807, 2.05) is 4.90 Å². The lowest BCUT2D eigenvalue weighted by atomic mass is 9.80. The van der Waals surface area contributed by atoms with Gasteiger partial charge < -0.3 is 19.7 Å². The van der Waals surface area contributed by atoms with Crippen LogP contribution in [0.2, 0.25) is 0 Å². The summed E-state index contributed by atoms with van der Waals surface area (Å²) in [5.41, 5.74) is 0.334. The van der Waals surface area contributed by atoms with Gasteiger partial charge in [-0.2, -0.15) is 0 Å². The predicted octanol–water partition coefficient (Wildman–Crippen LogP) is 0.673. The standard InChI is InChI=1S/C13H24N2O3.ClH/c1-17-7-8-18-9-12(16)15-6-4-13(11-15)3-2-5-14-10-13;/h14H,2-11H2,1H3;1H. The molecule has 1 spiro atoms. The lowest BCUT2D eigenvalue weighted by Gasteiger charge is -2.33. The number of likely N-dealkylation sites (tertiary alicyclic amines) is 1. The van der Waals surface area contributed by atoms with E-state index in [1.54, 1.807) is 7.11 Å². The number of nitrogens with one attached hydrogen (secondary N) is 1. The van der Waals surface area contributed by atoms with Crippen LogP contribution in [-0.2, 0) is 14.3 Å². The van der Waals surface area contributed by atoms with Crippen LogP contribution < -0.4 is 5.32 Å². The first-order chi connectivity index (χ1) is 8.76. The van der Waals surface area contributed by atoms with Crippen molar-refractivity contribution >= 4 is 18.3 Å². The number of carbonyl (C=O) groups is 1. The molecule has 1 unspecified atom stereocenters. The van der Waals surface area contributed by atoms with Crippen molar-refractivity contribution in [1.29, 1.82) is 0 Å². The van der Waals surface area contributed by atoms with Crippen molar-refractivity contribution in [2.75, 3.05) is 53.1 Å². The van der Waals surface area contributed by atoms with Crippen molar-refractivity contribution < 1.29 is 14.3 Å². The zero-order valence-electron chi connectivity index (χ0n) is 11.7. The van der Waals surface area contributed by atoms with Crippen LogP contribution in [0.5, 0.6) is 0 Å². The molecule has 5 nitrogen and oxygen atoms in total. The molecule has 1 amide bonds. The van der Waals surface area contributed by atoms with Gasteiger partial charge in [0.2, 0.25) is 5.91 Å². The Labute approximate surface area is 121 Å². The zero-order valence-corrected chi connectivity index (χ0v) is 12.5. The van der Waals surface area contributed by atoms with Crippen LogP contribution in [0.3, 0.4) is 0 Å². The minimum absolute atomic E-state index is 0. The van der Waals surface area contributed by atoms with E-state index in [0.717, 1.165) is 32.6 Å². The van der Waals surface area contributed by atoms with Crippen LogP contribution in [0.1, 0.15) is 19.3 Å². The summed E-state index contributed by atoms with van der Waals surface area (Å²) in [5, 5.41) is 3.45. The van der Waals surface area contributed by atoms with Gasteiger partial charge in [0.15, 0.2) is 0 Å². The number of hydrogen-bond acceptors (Lipinski definition) is 4. The molecule has 0 aromatic heterocycles. The lowest BCUT2D eigenvalue weighted by molar-refractivity contribution is -0.136. The average molecular weight is 293 g/mol. The van der Waals surface area contributed by atoms with Crippen LogP contribution in [0, 0.1) is 5.41 Å². The van der Waals surface area contributed by atoms with Crippen molar-refractivity contribution in [3.8, 4) is 0 Å². The van der Waals surface area contributed by atoms with E-state index in [1.165, 1.54) is 12.8 Å². The summed E-state index contributed by atoms with van der Waals surface area (Å²) in [4.78, 5) is 13.9. The lowest BCUT2D eigenvalue weighted by Crippen LogP contribution is -2.43. The van der Waals surface area contributed by atoms with E-state index in [2.05, 4.69) is 5.32 Å². The third-order valence-electron chi connectivity index (χ3n) is 4.01. The normalized spacial score (nSPS) is 26.5. The van der Waals surface area contributed by atoms with E-state index in [-0.39, 0.29) is 24.9 Å². The molecule has 112 valence electrons. The average Bonchev–Trinajstić information content (AvgIpc) is 2.79. The van der Waals surface area contributed by atoms with Crippen LogP contribution >= 0.6 is 12.4 Å². The topological polar surface area (TPSA) is 50.8 Å². The third-order valence-corrected chi connectivity index (χ3v) is 4.01. The van der Waals surface area contributed by atoms with Crippen molar-refractivity contribution in [3.05, 3.63) is 0 Å². The first kappa shape index (κ1) is 16.7. The molecule has 2 heterocycles. The summed E-state index contributed by atoms with van der Waals surface area (Å²) in [5.74, 6) is 0.119. The van der Waals surface area contributed by atoms with Crippen molar-refractivity contribution in [2.45, 2.75) is 19.3 Å². The summed E-state index contributed by atoms with van der Waals surface area (Å²) >= 11 is 0. The van der Waals surface area contributed by atoms with Crippen molar-refractivity contribution in [3.63, 3.8) is 0 Å². The summed E-state index contributed by atoms with van der Waals surface area (Å²) in [6.07, 6.45) is 3.60. The smallest absolute Gasteiger partial charge is 0.248 e. The Morgan fingerprint density at radius 3 is 2.89 bits per heavy atom. The van der Waals surface area contributed by atoms with Gasteiger partial charge >= 0.3 is 0 Å². The molecule has 0 radical (unpaired) electrons. The molecule has 0 bridgehead atoms. The number of hydrogen-bond donors (Lipinski definition) is 1. The van der Waals surface area contributed by atoms with Gasteiger partial charge in [-0.3, -0.25) is 4.79 Å². The Kier molecular flexibility index (Phi) is 7.07. The SMILES string of the molecule is COCCOCC(=O)N1CCC2(CCCNC2)C1.Cl. The molecule has 0 aliphatic carbocycles. The highest BCUT2D eigenvalue weighted by atomic mass is 35.5. The van der Waals surface area contributed by atoms with Crippen LogP contribution in [0.25, 0.3) is 0 Å². The fourth-order valence-electron chi connectivity index (χ4n) is 2.92. The fourth-order valence-corrected chi connectivity index (χ4v) is 2.92. The Morgan fingerprint density at radius 2 is 2.21 bits per heavy atom. The highest BCUT2D eigenvalue weighted by Crippen LogP contribution is 2.36. The number of methoxy groups -OCH3 is 1. The number of amides is 1. The minimum Gasteiger partial charge on any atom is -0.382 e. The van der Waals surface area contributed by atoms with Gasteiger partial charge in [-0.1, -0.05) is 0 Å². The van der Waals surface area contributed by atoms with Crippen LogP contribution in [-0.4, -0.2) is 63.9 Å². The van der Waals surface area contributed by atoms with Crippen molar-refractivity contribution in [2.24, 2.45) is 5.41 Å². The summed E-state index contributed by atoms with van der Waals surface area (Å²) < 4.78 is 10.2. The second-order valence-corrected chi connectivity index (χ2v) is 5.39. The Bertz CT molecular complexity index is 283. The molecular formula is C13H25ClN2O3. The summed E-state index contributed by atoms with van der Waals surface area (Å²) in [7, 11) is 1.63. The van der Waals surface area contributed by atoms with E-state index in [4.69, 9.17) is 9.47 Å². The van der Waals surface area contributed by atoms with Crippen LogP contribution in [0.4, 0.5) is 0 Å². The van der Waals surface area contributed by atoms with E-state index in [9.17, 15) is 4.79 Å². The molecule has 2 aliphatic heterocycles. The van der Waals surface area contributed by atoms with E-state index in [0.29, 0.717) is 18.6 Å². The second-order valence-electron chi connectivity index (χ2n) is 5.39. The largest absolute Gasteiger partial charge is 0.382 e. The highest BCUT2D eigenvalue weighted by molar-refractivity contribution is 5.85. The van der Waals surface area contributed by atoms with Gasteiger partial charge in [-0.15, -0.1) is 12.4 Å². The number of nitrogens with zero attached hydrogens (tertiary/aromatic N) is 1. The quantitative estimate of drug-likeness (QED) is 0.757. The third kappa shape index (κ3) is 4.60. The molecule has 0 aromatic carbocycles. The minimum atomic E-state index is 0. The number of piperidine rings is 1. The van der Waals surface area contributed by atoms with Crippen LogP contribution in [0.15, 0.2) is 0 Å². The predicted molar refractivity (Wildman–Crippen MR) is 75.7 cm³/mol. The summed E-state index contributed by atoms with van der Waals surface area (Å²) in [6.45, 7) is 5.18. The monoisotopic (exact) mass is 292 g/mol. The van der Waals surface area contributed by atoms with E-state index >= 15 is 0 Å². The van der Waals surface area contributed by atoms with E-state index < -0.39 is 0 Å². The summed E-state index contributed by atoms with van der Waals surface area (Å²) in [6, 6.07) is 0. The van der Waals surface area contributed by atoms with Gasteiger partial charge in [-0.05, 0) is 25.8 Å². The van der Waals surface area contributed by atoms with Gasteiger partial charge in [0.25, 0.3) is 0 Å². The Hall–Kier alpha value is -0.360. The second kappa shape index (κ2) is 8.04. The van der Waals surface area contributed by atoms with Gasteiger partial charge in [0, 0.05) is 32.2 Å². The molecule has 2 saturated heterocycles. The number of carbonyl (C=O) groups excluding carboxylic acids is 1. The maximum Gasteiger partial charge on any atom is 0.248 e. The first-order valence-corrected chi connectivity index (χ1v) is 6.81. The highest BCUT2D eigenvalue weighted by Gasteiger charge is 2.40. The zero-order chi connectivity index (χ0) is 12.8. The molecule has 2 fully saturated rings. The number of rotatable bonds is 5. The van der Waals surface area contributed by atoms with Gasteiger partial charge in [0.1, 0.15) is 6.61 Å². The van der Waals surface area contributed by atoms with Gasteiger partial charge in [-0.25, -0.2) is 0 Å².